The molecule has 1 aliphatic carbocycles. The van der Waals surface area contributed by atoms with Gasteiger partial charge >= 0.3 is 0 Å². The van der Waals surface area contributed by atoms with E-state index in [2.05, 4.69) is 4.98 Å². The van der Waals surface area contributed by atoms with Gasteiger partial charge in [-0.15, -0.1) is 11.3 Å². The maximum absolute atomic E-state index is 6.45. The summed E-state index contributed by atoms with van der Waals surface area (Å²) in [5.41, 5.74) is 1.41. The summed E-state index contributed by atoms with van der Waals surface area (Å²) in [6.07, 6.45) is 6.86. The highest BCUT2D eigenvalue weighted by Crippen LogP contribution is 2.38. The van der Waals surface area contributed by atoms with Crippen molar-refractivity contribution in [2.45, 2.75) is 38.5 Å². The number of aromatic nitrogens is 2. The number of aryl methyl sites for hydroxylation is 2. The molecule has 1 saturated heterocycles. The first kappa shape index (κ1) is 13.0. The molecule has 4 rings (SSSR count). The second-order valence-corrected chi connectivity index (χ2v) is 7.20. The highest BCUT2D eigenvalue weighted by atomic mass is 35.5. The molecule has 1 unspecified atom stereocenters. The van der Waals surface area contributed by atoms with Crippen LogP contribution in [0.3, 0.4) is 0 Å². The molecule has 0 bridgehead atoms. The fourth-order valence-electron chi connectivity index (χ4n) is 3.25. The van der Waals surface area contributed by atoms with Gasteiger partial charge in [-0.1, -0.05) is 11.6 Å². The van der Waals surface area contributed by atoms with E-state index in [1.807, 2.05) is 11.3 Å². The average Bonchev–Trinajstić information content (AvgIpc) is 3.05. The molecule has 2 aliphatic rings. The maximum Gasteiger partial charge on any atom is 0.141 e. The van der Waals surface area contributed by atoms with Crippen molar-refractivity contribution in [3.05, 3.63) is 21.4 Å². The molecule has 0 N–H and O–H groups in total. The molecule has 1 aliphatic heterocycles. The number of hydrogen-bond acceptors (Lipinski definition) is 4. The lowest BCUT2D eigenvalue weighted by Crippen LogP contribution is -2.07. The average molecular weight is 309 g/mol. The van der Waals surface area contributed by atoms with E-state index in [-0.39, 0.29) is 0 Å². The van der Waals surface area contributed by atoms with Gasteiger partial charge in [-0.3, -0.25) is 0 Å². The fourth-order valence-corrected chi connectivity index (χ4v) is 4.89. The van der Waals surface area contributed by atoms with E-state index in [0.717, 1.165) is 48.5 Å². The summed E-state index contributed by atoms with van der Waals surface area (Å²) in [7, 11) is 0. The van der Waals surface area contributed by atoms with Gasteiger partial charge in [0.05, 0.1) is 5.39 Å². The minimum Gasteiger partial charge on any atom is -0.381 e. The first-order chi connectivity index (χ1) is 9.81. The van der Waals surface area contributed by atoms with Crippen molar-refractivity contribution in [3.63, 3.8) is 0 Å². The molecule has 1 fully saturated rings. The molecular formula is C15H17ClN2OS. The summed E-state index contributed by atoms with van der Waals surface area (Å²) in [6, 6.07) is 0. The van der Waals surface area contributed by atoms with Gasteiger partial charge in [-0.2, -0.15) is 0 Å². The van der Waals surface area contributed by atoms with Crippen LogP contribution in [0.4, 0.5) is 0 Å². The van der Waals surface area contributed by atoms with E-state index in [9.17, 15) is 0 Å². The van der Waals surface area contributed by atoms with Gasteiger partial charge in [0.15, 0.2) is 0 Å². The Bertz CT molecular complexity index is 649. The molecule has 20 heavy (non-hydrogen) atoms. The quantitative estimate of drug-likeness (QED) is 0.792. The van der Waals surface area contributed by atoms with Crippen molar-refractivity contribution >= 4 is 33.2 Å². The van der Waals surface area contributed by atoms with Crippen LogP contribution in [0.1, 0.15) is 35.5 Å². The lowest BCUT2D eigenvalue weighted by molar-refractivity contribution is 0.185. The molecule has 3 nitrogen and oxygen atoms in total. The number of hydrogen-bond donors (Lipinski definition) is 0. The zero-order valence-electron chi connectivity index (χ0n) is 11.3. The van der Waals surface area contributed by atoms with Crippen molar-refractivity contribution in [3.8, 4) is 0 Å². The molecule has 0 radical (unpaired) electrons. The Morgan fingerprint density at radius 1 is 1.25 bits per heavy atom. The van der Waals surface area contributed by atoms with Gasteiger partial charge in [0.25, 0.3) is 0 Å². The highest BCUT2D eigenvalue weighted by molar-refractivity contribution is 7.19. The predicted molar refractivity (Wildman–Crippen MR) is 81.7 cm³/mol. The molecule has 106 valence electrons. The summed E-state index contributed by atoms with van der Waals surface area (Å²) in [5, 5.41) is 1.78. The zero-order chi connectivity index (χ0) is 13.5. The van der Waals surface area contributed by atoms with Crippen LogP contribution in [0, 0.1) is 5.92 Å². The van der Waals surface area contributed by atoms with E-state index in [4.69, 9.17) is 21.3 Å². The second kappa shape index (κ2) is 5.24. The number of halogens is 1. The number of rotatable bonds is 2. The van der Waals surface area contributed by atoms with Gasteiger partial charge in [0.2, 0.25) is 0 Å². The lowest BCUT2D eigenvalue weighted by atomic mass is 9.97. The van der Waals surface area contributed by atoms with Gasteiger partial charge in [-0.25, -0.2) is 9.97 Å². The van der Waals surface area contributed by atoms with Crippen LogP contribution in [0.25, 0.3) is 10.2 Å². The van der Waals surface area contributed by atoms with E-state index in [1.165, 1.54) is 29.7 Å². The van der Waals surface area contributed by atoms with Gasteiger partial charge in [0.1, 0.15) is 15.8 Å². The lowest BCUT2D eigenvalue weighted by Gasteiger charge is -2.10. The third-order valence-corrected chi connectivity index (χ3v) is 5.77. The fraction of sp³-hybridized carbons (Fsp3) is 0.600. The Hall–Kier alpha value is -0.710. The first-order valence-corrected chi connectivity index (χ1v) is 8.55. The Morgan fingerprint density at radius 2 is 2.15 bits per heavy atom. The number of thiophene rings is 1. The van der Waals surface area contributed by atoms with Crippen LogP contribution in [-0.4, -0.2) is 23.2 Å². The van der Waals surface area contributed by atoms with E-state index >= 15 is 0 Å². The molecule has 1 atom stereocenters. The molecular weight excluding hydrogens is 292 g/mol. The van der Waals surface area contributed by atoms with Crippen LogP contribution < -0.4 is 0 Å². The summed E-state index contributed by atoms with van der Waals surface area (Å²) in [4.78, 5) is 11.9. The molecule has 3 heterocycles. The SMILES string of the molecule is Clc1nc(CC2CCOC2)nc2sc3c(c12)CCCC3. The summed E-state index contributed by atoms with van der Waals surface area (Å²) in [6.45, 7) is 1.70. The predicted octanol–water partition coefficient (Wildman–Crippen LogP) is 3.80. The molecule has 0 aromatic carbocycles. The van der Waals surface area contributed by atoms with Crippen LogP contribution >= 0.6 is 22.9 Å². The minimum atomic E-state index is 0.554. The van der Waals surface area contributed by atoms with Gasteiger partial charge < -0.3 is 4.74 Å². The van der Waals surface area contributed by atoms with Crippen molar-refractivity contribution in [2.24, 2.45) is 5.92 Å². The van der Waals surface area contributed by atoms with E-state index < -0.39 is 0 Å². The Kier molecular flexibility index (Phi) is 3.41. The molecule has 2 aromatic heterocycles. The van der Waals surface area contributed by atoms with Crippen molar-refractivity contribution in [2.75, 3.05) is 13.2 Å². The topological polar surface area (TPSA) is 35.0 Å². The zero-order valence-corrected chi connectivity index (χ0v) is 12.9. The number of fused-ring (bicyclic) bond motifs is 3. The van der Waals surface area contributed by atoms with Crippen LogP contribution in [-0.2, 0) is 24.0 Å². The molecule has 0 saturated carbocycles. The summed E-state index contributed by atoms with van der Waals surface area (Å²) >= 11 is 8.27. The molecule has 0 spiro atoms. The monoisotopic (exact) mass is 308 g/mol. The maximum atomic E-state index is 6.45. The van der Waals surface area contributed by atoms with E-state index in [0.29, 0.717) is 11.1 Å². The van der Waals surface area contributed by atoms with Gasteiger partial charge in [-0.05, 0) is 43.6 Å². The van der Waals surface area contributed by atoms with Crippen LogP contribution in [0.15, 0.2) is 0 Å². The molecule has 5 heteroatoms. The summed E-state index contributed by atoms with van der Waals surface area (Å²) < 4.78 is 5.43. The van der Waals surface area contributed by atoms with Crippen LogP contribution in [0.2, 0.25) is 5.15 Å². The Morgan fingerprint density at radius 3 is 3.00 bits per heavy atom. The Labute approximate surface area is 127 Å². The van der Waals surface area contributed by atoms with E-state index in [1.54, 1.807) is 0 Å². The number of ether oxygens (including phenoxy) is 1. The standard InChI is InChI=1S/C15H17ClN2OS/c16-14-13-10-3-1-2-4-11(10)20-15(13)18-12(17-14)7-9-5-6-19-8-9/h9H,1-8H2. The molecule has 0 amide bonds. The van der Waals surface area contributed by atoms with Gasteiger partial charge in [0, 0.05) is 24.5 Å². The highest BCUT2D eigenvalue weighted by Gasteiger charge is 2.22. The van der Waals surface area contributed by atoms with Crippen molar-refractivity contribution < 1.29 is 4.74 Å². The molecule has 2 aromatic rings. The summed E-state index contributed by atoms with van der Waals surface area (Å²) in [5.74, 6) is 1.44. The van der Waals surface area contributed by atoms with Crippen molar-refractivity contribution in [1.82, 2.24) is 9.97 Å². The normalized spacial score (nSPS) is 22.4. The van der Waals surface area contributed by atoms with Crippen molar-refractivity contribution in [1.29, 1.82) is 0 Å². The van der Waals surface area contributed by atoms with Crippen LogP contribution in [0.5, 0.6) is 0 Å². The first-order valence-electron chi connectivity index (χ1n) is 7.35. The Balaban J connectivity index is 1.73. The third-order valence-electron chi connectivity index (χ3n) is 4.31. The number of nitrogens with zero attached hydrogens (tertiary/aromatic N) is 2. The smallest absolute Gasteiger partial charge is 0.141 e. The second-order valence-electron chi connectivity index (χ2n) is 5.76. The largest absolute Gasteiger partial charge is 0.381 e. The third kappa shape index (κ3) is 2.24. The minimum absolute atomic E-state index is 0.554.